The number of rotatable bonds is 8. The predicted molar refractivity (Wildman–Crippen MR) is 85.9 cm³/mol. The Labute approximate surface area is 122 Å². The summed E-state index contributed by atoms with van der Waals surface area (Å²) in [5, 5.41) is 4.48. The van der Waals surface area contributed by atoms with Crippen LogP contribution < -0.4 is 10.6 Å². The van der Waals surface area contributed by atoms with Gasteiger partial charge in [0.2, 0.25) is 0 Å². The summed E-state index contributed by atoms with van der Waals surface area (Å²) in [7, 11) is 1.97. The van der Waals surface area contributed by atoms with Gasteiger partial charge in [-0.1, -0.05) is 38.9 Å². The van der Waals surface area contributed by atoms with Gasteiger partial charge in [-0.25, -0.2) is 0 Å². The highest BCUT2D eigenvalue weighted by Crippen LogP contribution is 2.24. The lowest BCUT2D eigenvalue weighted by Gasteiger charge is -2.25. The van der Waals surface area contributed by atoms with E-state index in [1.807, 2.05) is 18.7 Å². The maximum absolute atomic E-state index is 5.88. The summed E-state index contributed by atoms with van der Waals surface area (Å²) in [6.07, 6.45) is 4.71. The molecule has 0 saturated heterocycles. The fourth-order valence-electron chi connectivity index (χ4n) is 2.32. The zero-order valence-electron chi connectivity index (χ0n) is 12.6. The number of aromatic nitrogens is 2. The Kier molecular flexibility index (Phi) is 6.28. The first-order chi connectivity index (χ1) is 9.02. The van der Waals surface area contributed by atoms with Crippen molar-refractivity contribution < 1.29 is 0 Å². The molecule has 1 rings (SSSR count). The van der Waals surface area contributed by atoms with Crippen molar-refractivity contribution >= 4 is 23.0 Å². The molecule has 0 radical (unpaired) electrons. The van der Waals surface area contributed by atoms with Gasteiger partial charge >= 0.3 is 0 Å². The van der Waals surface area contributed by atoms with Gasteiger partial charge < -0.3 is 10.6 Å². The lowest BCUT2D eigenvalue weighted by atomic mass is 10.2. The molecule has 0 fully saturated rings. The number of hydrogen-bond donors (Lipinski definition) is 1. The van der Waals surface area contributed by atoms with Gasteiger partial charge in [0, 0.05) is 20.1 Å². The molecule has 5 heteroatoms. The Bertz CT molecular complexity index is 417. The van der Waals surface area contributed by atoms with Gasteiger partial charge in [-0.05, 0) is 19.8 Å². The van der Waals surface area contributed by atoms with Crippen LogP contribution in [0.1, 0.15) is 50.8 Å². The van der Waals surface area contributed by atoms with E-state index in [4.69, 9.17) is 18.0 Å². The molecule has 0 saturated carbocycles. The van der Waals surface area contributed by atoms with Crippen molar-refractivity contribution in [2.45, 2.75) is 46.5 Å². The van der Waals surface area contributed by atoms with Crippen molar-refractivity contribution in [2.75, 3.05) is 18.0 Å². The minimum atomic E-state index is 0.443. The Balaban J connectivity index is 3.09. The second kappa shape index (κ2) is 7.48. The molecular weight excluding hydrogens is 256 g/mol. The molecule has 0 bridgehead atoms. The number of nitrogens with zero attached hydrogens (tertiary/aromatic N) is 3. The van der Waals surface area contributed by atoms with E-state index in [0.717, 1.165) is 30.2 Å². The molecule has 1 aromatic heterocycles. The third-order valence-corrected chi connectivity index (χ3v) is 3.51. The SMILES string of the molecule is CCCCN(CCCC)c1c(C(N)=S)c(C)nn1C. The van der Waals surface area contributed by atoms with Crippen molar-refractivity contribution in [1.29, 1.82) is 0 Å². The molecule has 0 aromatic carbocycles. The zero-order valence-corrected chi connectivity index (χ0v) is 13.4. The van der Waals surface area contributed by atoms with E-state index in [9.17, 15) is 0 Å². The highest BCUT2D eigenvalue weighted by atomic mass is 32.1. The van der Waals surface area contributed by atoms with Crippen molar-refractivity contribution in [3.05, 3.63) is 11.3 Å². The van der Waals surface area contributed by atoms with Crippen molar-refractivity contribution in [1.82, 2.24) is 9.78 Å². The van der Waals surface area contributed by atoms with E-state index in [1.54, 1.807) is 0 Å². The predicted octanol–water partition coefficient (Wildman–Crippen LogP) is 2.77. The minimum Gasteiger partial charge on any atom is -0.389 e. The first-order valence-electron chi connectivity index (χ1n) is 7.11. The minimum absolute atomic E-state index is 0.443. The maximum atomic E-state index is 5.88. The van der Waals surface area contributed by atoms with Crippen molar-refractivity contribution in [3.63, 3.8) is 0 Å². The van der Waals surface area contributed by atoms with Crippen LogP contribution in [0.4, 0.5) is 5.82 Å². The van der Waals surface area contributed by atoms with Gasteiger partial charge in [0.15, 0.2) is 0 Å². The second-order valence-electron chi connectivity index (χ2n) is 4.97. The van der Waals surface area contributed by atoms with Crippen LogP contribution in [0.2, 0.25) is 0 Å². The summed E-state index contributed by atoms with van der Waals surface area (Å²) in [6, 6.07) is 0. The Morgan fingerprint density at radius 3 is 2.21 bits per heavy atom. The van der Waals surface area contributed by atoms with Crippen LogP contribution in [0.25, 0.3) is 0 Å². The highest BCUT2D eigenvalue weighted by Gasteiger charge is 2.20. The Morgan fingerprint density at radius 1 is 1.26 bits per heavy atom. The van der Waals surface area contributed by atoms with E-state index in [-0.39, 0.29) is 0 Å². The van der Waals surface area contributed by atoms with Gasteiger partial charge in [0.05, 0.1) is 11.3 Å². The molecule has 0 unspecified atom stereocenters. The molecule has 0 atom stereocenters. The largest absolute Gasteiger partial charge is 0.389 e. The van der Waals surface area contributed by atoms with Gasteiger partial charge in [0.1, 0.15) is 10.8 Å². The topological polar surface area (TPSA) is 47.1 Å². The Hall–Kier alpha value is -1.10. The van der Waals surface area contributed by atoms with Crippen LogP contribution >= 0.6 is 12.2 Å². The van der Waals surface area contributed by atoms with E-state index >= 15 is 0 Å². The zero-order chi connectivity index (χ0) is 14.4. The molecule has 19 heavy (non-hydrogen) atoms. The molecule has 1 aromatic rings. The molecule has 0 aliphatic carbocycles. The van der Waals surface area contributed by atoms with Crippen LogP contribution in [0, 0.1) is 6.92 Å². The fourth-order valence-corrected chi connectivity index (χ4v) is 2.56. The van der Waals surface area contributed by atoms with Gasteiger partial charge in [-0.15, -0.1) is 0 Å². The molecule has 0 spiro atoms. The molecule has 0 aliphatic rings. The number of nitrogens with two attached hydrogens (primary N) is 1. The summed E-state index contributed by atoms with van der Waals surface area (Å²) >= 11 is 5.19. The third-order valence-electron chi connectivity index (χ3n) is 3.30. The van der Waals surface area contributed by atoms with E-state index in [0.29, 0.717) is 4.99 Å². The second-order valence-corrected chi connectivity index (χ2v) is 5.41. The van der Waals surface area contributed by atoms with Crippen LogP contribution in [0.3, 0.4) is 0 Å². The molecule has 108 valence electrons. The summed E-state index contributed by atoms with van der Waals surface area (Å²) < 4.78 is 1.91. The van der Waals surface area contributed by atoms with Gasteiger partial charge in [0.25, 0.3) is 0 Å². The lowest BCUT2D eigenvalue weighted by molar-refractivity contribution is 0.642. The first-order valence-corrected chi connectivity index (χ1v) is 7.52. The number of hydrogen-bond acceptors (Lipinski definition) is 3. The number of thiocarbonyl (C=S) groups is 1. The van der Waals surface area contributed by atoms with E-state index in [1.165, 1.54) is 25.7 Å². The summed E-state index contributed by atoms with van der Waals surface area (Å²) in [5.41, 5.74) is 7.73. The molecule has 0 amide bonds. The van der Waals surface area contributed by atoms with Crippen LogP contribution in [-0.4, -0.2) is 27.9 Å². The monoisotopic (exact) mass is 282 g/mol. The van der Waals surface area contributed by atoms with Crippen molar-refractivity contribution in [2.24, 2.45) is 12.8 Å². The average molecular weight is 282 g/mol. The van der Waals surface area contributed by atoms with Gasteiger partial charge in [-0.2, -0.15) is 5.10 Å². The van der Waals surface area contributed by atoms with Crippen LogP contribution in [0.5, 0.6) is 0 Å². The molecule has 1 heterocycles. The first kappa shape index (κ1) is 16.0. The van der Waals surface area contributed by atoms with E-state index in [2.05, 4.69) is 23.8 Å². The van der Waals surface area contributed by atoms with E-state index < -0.39 is 0 Å². The standard InChI is InChI=1S/C14H26N4S/c1-5-7-9-18(10-8-6-2)14-12(13(15)19)11(3)16-17(14)4/h5-10H2,1-4H3,(H2,15,19). The number of unbranched alkanes of at least 4 members (excludes halogenated alkanes) is 2. The molecule has 4 nitrogen and oxygen atoms in total. The van der Waals surface area contributed by atoms with Gasteiger partial charge in [-0.3, -0.25) is 4.68 Å². The summed E-state index contributed by atoms with van der Waals surface area (Å²) in [6.45, 7) is 8.45. The average Bonchev–Trinajstić information content (AvgIpc) is 2.65. The molecule has 0 aliphatic heterocycles. The lowest BCUT2D eigenvalue weighted by Crippen LogP contribution is -2.30. The molecular formula is C14H26N4S. The summed E-state index contributed by atoms with van der Waals surface area (Å²) in [4.78, 5) is 2.82. The number of anilines is 1. The van der Waals surface area contributed by atoms with Crippen molar-refractivity contribution in [3.8, 4) is 0 Å². The molecule has 2 N–H and O–H groups in total. The fraction of sp³-hybridized carbons (Fsp3) is 0.714. The summed E-state index contributed by atoms with van der Waals surface area (Å²) in [5.74, 6) is 1.08. The third kappa shape index (κ3) is 3.93. The van der Waals surface area contributed by atoms with Crippen LogP contribution in [0.15, 0.2) is 0 Å². The smallest absolute Gasteiger partial charge is 0.137 e. The van der Waals surface area contributed by atoms with Crippen LogP contribution in [-0.2, 0) is 7.05 Å². The number of aryl methyl sites for hydroxylation is 2. The Morgan fingerprint density at radius 2 is 1.79 bits per heavy atom. The maximum Gasteiger partial charge on any atom is 0.137 e. The highest BCUT2D eigenvalue weighted by molar-refractivity contribution is 7.80. The quantitative estimate of drug-likeness (QED) is 0.745. The normalized spacial score (nSPS) is 10.7.